The summed E-state index contributed by atoms with van der Waals surface area (Å²) >= 11 is 0. The minimum absolute atomic E-state index is 0.0403. The van der Waals surface area contributed by atoms with Gasteiger partial charge in [-0.15, -0.1) is 0 Å². The number of likely N-dealkylation sites (tertiary alicyclic amines) is 1. The van der Waals surface area contributed by atoms with Gasteiger partial charge in [0.05, 0.1) is 31.6 Å². The van der Waals surface area contributed by atoms with Crippen molar-refractivity contribution in [3.63, 3.8) is 0 Å². The van der Waals surface area contributed by atoms with Crippen LogP contribution in [-0.2, 0) is 19.1 Å². The van der Waals surface area contributed by atoms with Gasteiger partial charge in [-0.05, 0) is 48.6 Å². The van der Waals surface area contributed by atoms with E-state index in [1.54, 1.807) is 4.90 Å². The number of carbonyl (C=O) groups is 4. The summed E-state index contributed by atoms with van der Waals surface area (Å²) in [4.78, 5) is 71.1. The molecule has 1 aliphatic heterocycles. The molecule has 0 bridgehead atoms. The van der Waals surface area contributed by atoms with Crippen LogP contribution in [0.1, 0.15) is 83.4 Å². The number of rotatable bonds is 12. The number of aromatic nitrogens is 4. The van der Waals surface area contributed by atoms with E-state index in [1.165, 1.54) is 14.2 Å². The normalized spacial score (nSPS) is 19.2. The summed E-state index contributed by atoms with van der Waals surface area (Å²) in [5.41, 5.74) is 5.70. The number of alkyl carbamates (subject to hydrolysis) is 2. The molecule has 4 amide bonds. The highest BCUT2D eigenvalue weighted by Crippen LogP contribution is 2.38. The number of amides is 4. The first-order valence-corrected chi connectivity index (χ1v) is 19.5. The minimum Gasteiger partial charge on any atom is -0.453 e. The van der Waals surface area contributed by atoms with Gasteiger partial charge in [0.2, 0.25) is 11.8 Å². The fraction of sp³-hybridized carbons (Fsp3) is 0.476. The van der Waals surface area contributed by atoms with E-state index in [1.807, 2.05) is 64.2 Å². The lowest BCUT2D eigenvalue weighted by molar-refractivity contribution is -0.136. The van der Waals surface area contributed by atoms with Gasteiger partial charge in [-0.1, -0.05) is 82.6 Å². The molecule has 3 heterocycles. The molecule has 1 saturated carbocycles. The zero-order chi connectivity index (χ0) is 40.1. The third-order valence-corrected chi connectivity index (χ3v) is 11.2. The molecule has 4 aromatic rings. The number of ether oxygens (including phenoxy) is 2. The molecule has 2 aromatic carbocycles. The van der Waals surface area contributed by atoms with E-state index in [-0.39, 0.29) is 41.7 Å². The number of likely N-dealkylation sites (N-methyl/N-ethyl adjacent to an activating group) is 1. The van der Waals surface area contributed by atoms with Gasteiger partial charge >= 0.3 is 12.2 Å². The molecular weight excluding hydrogens is 713 g/mol. The maximum atomic E-state index is 13.5. The van der Waals surface area contributed by atoms with Gasteiger partial charge in [-0.2, -0.15) is 0 Å². The molecule has 0 unspecified atom stereocenters. The van der Waals surface area contributed by atoms with Gasteiger partial charge in [0.25, 0.3) is 0 Å². The van der Waals surface area contributed by atoms with Gasteiger partial charge < -0.3 is 39.9 Å². The molecule has 4 N–H and O–H groups in total. The highest BCUT2D eigenvalue weighted by atomic mass is 16.5. The zero-order valence-electron chi connectivity index (χ0n) is 33.3. The van der Waals surface area contributed by atoms with Crippen LogP contribution in [0.25, 0.3) is 33.6 Å². The van der Waals surface area contributed by atoms with Gasteiger partial charge in [0, 0.05) is 49.1 Å². The van der Waals surface area contributed by atoms with Gasteiger partial charge in [-0.25, -0.2) is 19.6 Å². The maximum Gasteiger partial charge on any atom is 0.407 e. The highest BCUT2D eigenvalue weighted by Gasteiger charge is 2.39. The molecule has 0 radical (unpaired) electrons. The number of benzene rings is 2. The molecular formula is C42H54N8O6. The zero-order valence-corrected chi connectivity index (χ0v) is 33.3. The Morgan fingerprint density at radius 2 is 1.21 bits per heavy atom. The van der Waals surface area contributed by atoms with E-state index >= 15 is 0 Å². The first kappa shape index (κ1) is 40.0. The second kappa shape index (κ2) is 17.4. The predicted molar refractivity (Wildman–Crippen MR) is 212 cm³/mol. The van der Waals surface area contributed by atoms with E-state index in [0.717, 1.165) is 77.4 Å². The molecule has 0 spiro atoms. The Hall–Kier alpha value is -5.66. The van der Waals surface area contributed by atoms with Crippen molar-refractivity contribution >= 4 is 24.0 Å². The van der Waals surface area contributed by atoms with Crippen LogP contribution in [0.2, 0.25) is 0 Å². The van der Waals surface area contributed by atoms with Crippen molar-refractivity contribution in [2.24, 2.45) is 11.8 Å². The largest absolute Gasteiger partial charge is 0.453 e. The Bertz CT molecular complexity index is 1990. The third kappa shape index (κ3) is 8.58. The molecule has 14 heteroatoms. The van der Waals surface area contributed by atoms with Crippen molar-refractivity contribution in [3.8, 4) is 33.6 Å². The Morgan fingerprint density at radius 1 is 0.714 bits per heavy atom. The SMILES string of the molecule is COC(=O)N[C@H](C(=O)N(C)[C@H]1CCC[C@@H]1c1nc(-c2ccc(-c3ccc(-c4c[nH]c([C@@H]5CCCN5C(=O)[C@@H](NC(=O)OC)C(C)C)n4)cc3)cc2)c[nH]1)C(C)C. The second-order valence-corrected chi connectivity index (χ2v) is 15.5. The molecule has 1 saturated heterocycles. The van der Waals surface area contributed by atoms with Crippen molar-refractivity contribution in [1.29, 1.82) is 0 Å². The van der Waals surface area contributed by atoms with Crippen molar-refractivity contribution in [2.75, 3.05) is 27.8 Å². The number of hydrogen-bond donors (Lipinski definition) is 4. The lowest BCUT2D eigenvalue weighted by atomic mass is 9.98. The van der Waals surface area contributed by atoms with Crippen LogP contribution in [-0.4, -0.2) is 99.7 Å². The second-order valence-electron chi connectivity index (χ2n) is 15.5. The van der Waals surface area contributed by atoms with Crippen molar-refractivity contribution in [1.82, 2.24) is 40.4 Å². The summed E-state index contributed by atoms with van der Waals surface area (Å²) in [5.74, 6) is 1.16. The van der Waals surface area contributed by atoms with Crippen LogP contribution < -0.4 is 10.6 Å². The molecule has 2 aliphatic rings. The topological polar surface area (TPSA) is 175 Å². The first-order chi connectivity index (χ1) is 26.9. The predicted octanol–water partition coefficient (Wildman–Crippen LogP) is 6.65. The van der Waals surface area contributed by atoms with Crippen LogP contribution in [0.5, 0.6) is 0 Å². The Balaban J connectivity index is 1.10. The minimum atomic E-state index is -0.686. The summed E-state index contributed by atoms with van der Waals surface area (Å²) in [6.45, 7) is 8.21. The number of nitrogens with one attached hydrogen (secondary N) is 4. The van der Waals surface area contributed by atoms with Gasteiger partial charge in [0.1, 0.15) is 23.7 Å². The molecule has 5 atom stereocenters. The maximum absolute atomic E-state index is 13.5. The summed E-state index contributed by atoms with van der Waals surface area (Å²) in [7, 11) is 4.40. The molecule has 14 nitrogen and oxygen atoms in total. The van der Waals surface area contributed by atoms with Gasteiger partial charge in [-0.3, -0.25) is 9.59 Å². The molecule has 2 fully saturated rings. The first-order valence-electron chi connectivity index (χ1n) is 19.5. The number of nitrogens with zero attached hydrogens (tertiary/aromatic N) is 4. The summed E-state index contributed by atoms with van der Waals surface area (Å²) < 4.78 is 9.52. The van der Waals surface area contributed by atoms with Crippen LogP contribution in [0.4, 0.5) is 9.59 Å². The van der Waals surface area contributed by atoms with Crippen LogP contribution in [0, 0.1) is 11.8 Å². The molecule has 2 aromatic heterocycles. The number of methoxy groups -OCH3 is 2. The van der Waals surface area contributed by atoms with Crippen molar-refractivity contribution in [2.45, 2.75) is 89.9 Å². The van der Waals surface area contributed by atoms with E-state index < -0.39 is 24.3 Å². The standard InChI is InChI=1S/C42H54N8O6/c1-24(2)35(47-41(53)55-6)39(51)49(5)33-11-8-10-30(33)37-43-22-31(45-37)28-17-13-26(14-18-28)27-15-19-29(20-16-27)32-23-44-38(46-32)34-12-9-21-50(34)40(52)36(25(3)4)48-42(54)56-7/h13-20,22-25,30,33-36H,8-12,21H2,1-7H3,(H,43,45)(H,44,46)(H,47,53)(H,48,54)/t30-,33-,34-,35-,36-/m0/s1. The summed E-state index contributed by atoms with van der Waals surface area (Å²) in [6, 6.07) is 14.9. The highest BCUT2D eigenvalue weighted by molar-refractivity contribution is 5.87. The fourth-order valence-corrected chi connectivity index (χ4v) is 7.99. The van der Waals surface area contributed by atoms with Crippen molar-refractivity contribution < 1.29 is 28.7 Å². The van der Waals surface area contributed by atoms with E-state index in [0.29, 0.717) is 6.54 Å². The Kier molecular flexibility index (Phi) is 12.5. The van der Waals surface area contributed by atoms with Crippen molar-refractivity contribution in [3.05, 3.63) is 72.6 Å². The monoisotopic (exact) mass is 766 g/mol. The molecule has 6 rings (SSSR count). The Labute approximate surface area is 328 Å². The fourth-order valence-electron chi connectivity index (χ4n) is 7.99. The van der Waals surface area contributed by atoms with E-state index in [4.69, 9.17) is 19.4 Å². The Morgan fingerprint density at radius 3 is 1.75 bits per heavy atom. The smallest absolute Gasteiger partial charge is 0.407 e. The van der Waals surface area contributed by atoms with E-state index in [2.05, 4.69) is 57.0 Å². The number of imidazole rings is 2. The number of H-pyrrole nitrogens is 2. The molecule has 56 heavy (non-hydrogen) atoms. The summed E-state index contributed by atoms with van der Waals surface area (Å²) in [5, 5.41) is 5.40. The van der Waals surface area contributed by atoms with Crippen LogP contribution in [0.3, 0.4) is 0 Å². The average Bonchev–Trinajstić information content (AvgIpc) is 4.05. The van der Waals surface area contributed by atoms with Gasteiger partial charge in [0.15, 0.2) is 0 Å². The quantitative estimate of drug-likeness (QED) is 0.124. The molecule has 298 valence electrons. The lowest BCUT2D eigenvalue weighted by Gasteiger charge is -2.33. The summed E-state index contributed by atoms with van der Waals surface area (Å²) in [6.07, 6.45) is 6.94. The van der Waals surface area contributed by atoms with Crippen LogP contribution in [0.15, 0.2) is 60.9 Å². The van der Waals surface area contributed by atoms with Crippen LogP contribution >= 0.6 is 0 Å². The average molecular weight is 767 g/mol. The molecule has 1 aliphatic carbocycles. The lowest BCUT2D eigenvalue weighted by Crippen LogP contribution is -2.53. The number of hydrogen-bond acceptors (Lipinski definition) is 8. The number of aromatic amines is 2. The van der Waals surface area contributed by atoms with E-state index in [9.17, 15) is 19.2 Å². The third-order valence-electron chi connectivity index (χ3n) is 11.2. The number of carbonyl (C=O) groups excluding carboxylic acids is 4.